The van der Waals surface area contributed by atoms with E-state index in [2.05, 4.69) is 10.1 Å². The topological polar surface area (TPSA) is 38.3 Å². The molecule has 3 nitrogen and oxygen atoms in total. The van der Waals surface area contributed by atoms with Gasteiger partial charge in [0, 0.05) is 4.90 Å². The number of hydrogen-bond acceptors (Lipinski definition) is 3. The Morgan fingerprint density at radius 2 is 1.70 bits per heavy atom. The highest BCUT2D eigenvalue weighted by atomic mass is 32.2. The van der Waals surface area contributed by atoms with Crippen LogP contribution in [0.15, 0.2) is 53.4 Å². The summed E-state index contributed by atoms with van der Waals surface area (Å²) in [4.78, 5) is 12.2. The maximum absolute atomic E-state index is 12.7. The van der Waals surface area contributed by atoms with E-state index in [0.717, 1.165) is 23.9 Å². The van der Waals surface area contributed by atoms with Crippen LogP contribution in [-0.4, -0.2) is 24.4 Å². The maximum atomic E-state index is 12.7. The summed E-state index contributed by atoms with van der Waals surface area (Å²) in [7, 11) is 0. The van der Waals surface area contributed by atoms with Gasteiger partial charge in [-0.2, -0.15) is 26.3 Å². The van der Waals surface area contributed by atoms with E-state index in [-0.39, 0.29) is 22.1 Å². The predicted octanol–water partition coefficient (Wildman–Crippen LogP) is 5.38. The molecular formula is C17H13F6NO2S. The normalized spacial score (nSPS) is 11.9. The highest BCUT2D eigenvalue weighted by molar-refractivity contribution is 8.00. The van der Waals surface area contributed by atoms with Crippen molar-refractivity contribution in [3.05, 3.63) is 54.1 Å². The fourth-order valence-electron chi connectivity index (χ4n) is 1.95. The highest BCUT2D eigenvalue weighted by Gasteiger charge is 2.30. The smallest absolute Gasteiger partial charge is 0.422 e. The number of carbonyl (C=O) groups excluding carboxylic acids is 1. The van der Waals surface area contributed by atoms with Gasteiger partial charge in [-0.25, -0.2) is 0 Å². The molecule has 0 aliphatic heterocycles. The van der Waals surface area contributed by atoms with Crippen molar-refractivity contribution in [1.29, 1.82) is 0 Å². The first-order valence-corrected chi connectivity index (χ1v) is 8.42. The van der Waals surface area contributed by atoms with Gasteiger partial charge in [0.2, 0.25) is 5.91 Å². The maximum Gasteiger partial charge on any atom is 0.422 e. The minimum atomic E-state index is -4.53. The number of para-hydroxylation sites is 2. The SMILES string of the molecule is O=C(CSc1cccc(C(F)(F)F)c1)Nc1ccccc1OCC(F)(F)F. The molecule has 146 valence electrons. The Balaban J connectivity index is 1.97. The van der Waals surface area contributed by atoms with Gasteiger partial charge in [-0.3, -0.25) is 4.79 Å². The molecule has 0 aliphatic rings. The first kappa shape index (κ1) is 20.9. The Morgan fingerprint density at radius 1 is 1.00 bits per heavy atom. The third kappa shape index (κ3) is 7.05. The minimum absolute atomic E-state index is 0.0383. The molecule has 0 aromatic heterocycles. The number of rotatable bonds is 6. The van der Waals surface area contributed by atoms with E-state index in [4.69, 9.17) is 0 Å². The lowest BCUT2D eigenvalue weighted by atomic mass is 10.2. The number of anilines is 1. The van der Waals surface area contributed by atoms with E-state index in [9.17, 15) is 31.1 Å². The van der Waals surface area contributed by atoms with E-state index >= 15 is 0 Å². The van der Waals surface area contributed by atoms with E-state index < -0.39 is 30.4 Å². The molecule has 0 radical (unpaired) electrons. The molecule has 10 heteroatoms. The molecule has 0 fully saturated rings. The van der Waals surface area contributed by atoms with Gasteiger partial charge >= 0.3 is 12.4 Å². The molecule has 2 aromatic carbocycles. The van der Waals surface area contributed by atoms with Gasteiger partial charge in [0.25, 0.3) is 0 Å². The van der Waals surface area contributed by atoms with Crippen molar-refractivity contribution in [2.45, 2.75) is 17.2 Å². The van der Waals surface area contributed by atoms with E-state index in [1.165, 1.54) is 36.4 Å². The van der Waals surface area contributed by atoms with Crippen LogP contribution in [0.5, 0.6) is 5.75 Å². The molecule has 2 rings (SSSR count). The molecular weight excluding hydrogens is 396 g/mol. The summed E-state index contributed by atoms with van der Waals surface area (Å²) in [5.74, 6) is -0.984. The first-order chi connectivity index (χ1) is 12.5. The Hall–Kier alpha value is -2.36. The number of hydrogen-bond donors (Lipinski definition) is 1. The van der Waals surface area contributed by atoms with Crippen molar-refractivity contribution in [2.24, 2.45) is 0 Å². The monoisotopic (exact) mass is 409 g/mol. The second-order valence-corrected chi connectivity index (χ2v) is 6.31. The van der Waals surface area contributed by atoms with Crippen LogP contribution in [0, 0.1) is 0 Å². The molecule has 0 aliphatic carbocycles. The molecule has 0 atom stereocenters. The van der Waals surface area contributed by atoms with Crippen LogP contribution >= 0.6 is 11.8 Å². The average molecular weight is 409 g/mol. The molecule has 1 amide bonds. The predicted molar refractivity (Wildman–Crippen MR) is 88.8 cm³/mol. The molecule has 1 N–H and O–H groups in total. The fraction of sp³-hybridized carbons (Fsp3) is 0.235. The second-order valence-electron chi connectivity index (χ2n) is 5.26. The summed E-state index contributed by atoms with van der Waals surface area (Å²) >= 11 is 0.869. The molecule has 0 heterocycles. The zero-order chi connectivity index (χ0) is 20.1. The quantitative estimate of drug-likeness (QED) is 0.515. The lowest BCUT2D eigenvalue weighted by molar-refractivity contribution is -0.153. The van der Waals surface area contributed by atoms with Crippen LogP contribution in [0.1, 0.15) is 5.56 Å². The number of alkyl halides is 6. The van der Waals surface area contributed by atoms with Crippen molar-refractivity contribution < 1.29 is 35.9 Å². The van der Waals surface area contributed by atoms with Crippen molar-refractivity contribution in [3.8, 4) is 5.75 Å². The fourth-order valence-corrected chi connectivity index (χ4v) is 2.71. The van der Waals surface area contributed by atoms with Crippen molar-refractivity contribution >= 4 is 23.4 Å². The third-order valence-electron chi connectivity index (χ3n) is 3.08. The van der Waals surface area contributed by atoms with Gasteiger partial charge in [-0.05, 0) is 30.3 Å². The molecule has 0 unspecified atom stereocenters. The number of benzene rings is 2. The Morgan fingerprint density at radius 3 is 2.37 bits per heavy atom. The zero-order valence-electron chi connectivity index (χ0n) is 13.5. The van der Waals surface area contributed by atoms with E-state index in [1.54, 1.807) is 0 Å². The lowest BCUT2D eigenvalue weighted by Gasteiger charge is -2.14. The zero-order valence-corrected chi connectivity index (χ0v) is 14.3. The summed E-state index contributed by atoms with van der Waals surface area (Å²) in [6.07, 6.45) is -9.02. The van der Waals surface area contributed by atoms with Crippen LogP contribution in [0.3, 0.4) is 0 Å². The Labute approximate surface area is 154 Å². The van der Waals surface area contributed by atoms with Crippen LogP contribution in [0.4, 0.5) is 32.0 Å². The second kappa shape index (κ2) is 8.55. The number of halogens is 6. The van der Waals surface area contributed by atoms with Crippen molar-refractivity contribution in [2.75, 3.05) is 17.7 Å². The number of ether oxygens (including phenoxy) is 1. The summed E-state index contributed by atoms with van der Waals surface area (Å²) < 4.78 is 79.5. The molecule has 0 saturated heterocycles. The average Bonchev–Trinajstić information content (AvgIpc) is 2.58. The molecule has 27 heavy (non-hydrogen) atoms. The molecule has 2 aromatic rings. The summed E-state index contributed by atoms with van der Waals surface area (Å²) in [6.45, 7) is -1.52. The number of carbonyl (C=O) groups is 1. The largest absolute Gasteiger partial charge is 0.482 e. The summed E-state index contributed by atoms with van der Waals surface area (Å²) in [5, 5.41) is 2.39. The van der Waals surface area contributed by atoms with Crippen molar-refractivity contribution in [1.82, 2.24) is 0 Å². The van der Waals surface area contributed by atoms with Gasteiger partial charge in [0.15, 0.2) is 6.61 Å². The molecule has 0 saturated carbocycles. The molecule has 0 spiro atoms. The van der Waals surface area contributed by atoms with Gasteiger partial charge in [0.05, 0.1) is 17.0 Å². The van der Waals surface area contributed by atoms with E-state index in [1.807, 2.05) is 0 Å². The van der Waals surface area contributed by atoms with Gasteiger partial charge in [-0.1, -0.05) is 18.2 Å². The van der Waals surface area contributed by atoms with Crippen LogP contribution in [-0.2, 0) is 11.0 Å². The number of thioether (sulfide) groups is 1. The molecule has 0 bridgehead atoms. The van der Waals surface area contributed by atoms with Gasteiger partial charge in [0.1, 0.15) is 5.75 Å². The summed E-state index contributed by atoms with van der Waals surface area (Å²) in [5.41, 5.74) is -0.796. The van der Waals surface area contributed by atoms with E-state index in [0.29, 0.717) is 0 Å². The van der Waals surface area contributed by atoms with Gasteiger partial charge in [-0.15, -0.1) is 11.8 Å². The first-order valence-electron chi connectivity index (χ1n) is 7.43. The minimum Gasteiger partial charge on any atom is -0.482 e. The Bertz CT molecular complexity index is 791. The van der Waals surface area contributed by atoms with Crippen LogP contribution < -0.4 is 10.1 Å². The van der Waals surface area contributed by atoms with Crippen LogP contribution in [0.2, 0.25) is 0 Å². The third-order valence-corrected chi connectivity index (χ3v) is 4.08. The van der Waals surface area contributed by atoms with Crippen molar-refractivity contribution in [3.63, 3.8) is 0 Å². The highest BCUT2D eigenvalue weighted by Crippen LogP contribution is 2.32. The summed E-state index contributed by atoms with van der Waals surface area (Å²) in [6, 6.07) is 10.0. The number of amides is 1. The number of nitrogens with one attached hydrogen (secondary N) is 1. The Kier molecular flexibility index (Phi) is 6.63. The lowest BCUT2D eigenvalue weighted by Crippen LogP contribution is -2.20. The standard InChI is InChI=1S/C17H13F6NO2S/c18-16(19,20)10-26-14-7-2-1-6-13(14)24-15(25)9-27-12-5-3-4-11(8-12)17(21,22)23/h1-8H,9-10H2,(H,24,25). The van der Waals surface area contributed by atoms with Crippen LogP contribution in [0.25, 0.3) is 0 Å². The van der Waals surface area contributed by atoms with Gasteiger partial charge < -0.3 is 10.1 Å².